The van der Waals surface area contributed by atoms with Gasteiger partial charge in [0.2, 0.25) is 5.95 Å². The Morgan fingerprint density at radius 3 is 2.41 bits per heavy atom. The largest absolute Gasteiger partial charge is 0.324 e. The molecule has 2 aromatic heterocycles. The fraction of sp³-hybridized carbons (Fsp3) is 0.136. The molecule has 4 aromatic rings. The molecule has 5 heteroatoms. The van der Waals surface area contributed by atoms with Crippen molar-refractivity contribution in [2.75, 3.05) is 5.32 Å². The van der Waals surface area contributed by atoms with Crippen LogP contribution in [0.25, 0.3) is 11.0 Å². The normalized spacial score (nSPS) is 12.0. The van der Waals surface area contributed by atoms with Crippen LogP contribution >= 0.6 is 0 Å². The summed E-state index contributed by atoms with van der Waals surface area (Å²) < 4.78 is 1.75. The average Bonchev–Trinajstić information content (AvgIpc) is 2.69. The maximum absolute atomic E-state index is 12.6. The number of anilines is 2. The molecule has 0 radical (unpaired) electrons. The number of para-hydroxylation sites is 1. The lowest BCUT2D eigenvalue weighted by Crippen LogP contribution is -2.25. The number of pyridine rings is 1. The first-order valence-electron chi connectivity index (χ1n) is 8.95. The van der Waals surface area contributed by atoms with Gasteiger partial charge in [0, 0.05) is 29.4 Å². The van der Waals surface area contributed by atoms with E-state index < -0.39 is 0 Å². The van der Waals surface area contributed by atoms with Crippen molar-refractivity contribution in [3.8, 4) is 0 Å². The smallest absolute Gasteiger partial charge is 0.252 e. The molecular weight excluding hydrogens is 336 g/mol. The summed E-state index contributed by atoms with van der Waals surface area (Å²) in [6.07, 6.45) is 2.50. The molecule has 0 saturated heterocycles. The molecule has 1 unspecified atom stereocenters. The van der Waals surface area contributed by atoms with Gasteiger partial charge in [-0.25, -0.2) is 4.98 Å². The first kappa shape index (κ1) is 17.0. The Hall–Kier alpha value is -3.47. The molecule has 0 aliphatic heterocycles. The Labute approximate surface area is 157 Å². The van der Waals surface area contributed by atoms with Gasteiger partial charge >= 0.3 is 0 Å². The second-order valence-electron chi connectivity index (χ2n) is 6.54. The van der Waals surface area contributed by atoms with Crippen molar-refractivity contribution in [2.24, 2.45) is 0 Å². The molecule has 0 aliphatic rings. The summed E-state index contributed by atoms with van der Waals surface area (Å²) in [5.41, 5.74) is 2.67. The highest BCUT2D eigenvalue weighted by Crippen LogP contribution is 2.19. The number of nitrogens with one attached hydrogen (secondary N) is 1. The van der Waals surface area contributed by atoms with Crippen LogP contribution in [0.3, 0.4) is 0 Å². The van der Waals surface area contributed by atoms with Crippen molar-refractivity contribution in [3.05, 3.63) is 94.9 Å². The van der Waals surface area contributed by atoms with Gasteiger partial charge in [0.05, 0.1) is 0 Å². The van der Waals surface area contributed by atoms with Crippen LogP contribution in [0.4, 0.5) is 11.6 Å². The van der Waals surface area contributed by atoms with Gasteiger partial charge in [-0.2, -0.15) is 4.98 Å². The Balaban J connectivity index is 1.73. The fourth-order valence-electron chi connectivity index (χ4n) is 3.22. The van der Waals surface area contributed by atoms with Crippen LogP contribution in [0, 0.1) is 0 Å². The standard InChI is InChI=1S/C22H20N4O/c1-16(14-17-8-4-2-5-9-17)26-20(27)13-12-18-15-23-22(25-21(18)26)24-19-10-6-3-7-11-19/h2-13,15-16H,14H2,1H3,(H,23,24,25). The van der Waals surface area contributed by atoms with Gasteiger partial charge < -0.3 is 5.32 Å². The summed E-state index contributed by atoms with van der Waals surface area (Å²) in [5, 5.41) is 4.03. The lowest BCUT2D eigenvalue weighted by molar-refractivity contribution is 0.541. The molecule has 1 N–H and O–H groups in total. The predicted octanol–water partition coefficient (Wildman–Crippen LogP) is 4.34. The Morgan fingerprint density at radius 2 is 1.67 bits per heavy atom. The van der Waals surface area contributed by atoms with Crippen LogP contribution in [0.5, 0.6) is 0 Å². The third-order valence-corrected chi connectivity index (χ3v) is 4.51. The number of aromatic nitrogens is 3. The van der Waals surface area contributed by atoms with Crippen molar-refractivity contribution in [1.82, 2.24) is 14.5 Å². The van der Waals surface area contributed by atoms with Gasteiger partial charge in [0.15, 0.2) is 0 Å². The van der Waals surface area contributed by atoms with E-state index in [0.29, 0.717) is 11.6 Å². The van der Waals surface area contributed by atoms with Crippen LogP contribution in [0.2, 0.25) is 0 Å². The highest BCUT2D eigenvalue weighted by molar-refractivity contribution is 5.75. The predicted molar refractivity (Wildman–Crippen MR) is 108 cm³/mol. The second kappa shape index (κ2) is 7.41. The molecule has 2 heterocycles. The van der Waals surface area contributed by atoms with Crippen molar-refractivity contribution in [2.45, 2.75) is 19.4 Å². The molecule has 0 aliphatic carbocycles. The summed E-state index contributed by atoms with van der Waals surface area (Å²) in [6, 6.07) is 23.2. The summed E-state index contributed by atoms with van der Waals surface area (Å²) in [5.74, 6) is 0.472. The summed E-state index contributed by atoms with van der Waals surface area (Å²) in [6.45, 7) is 2.04. The molecule has 0 fully saturated rings. The number of fused-ring (bicyclic) bond motifs is 1. The van der Waals surface area contributed by atoms with Gasteiger partial charge in [0.25, 0.3) is 5.56 Å². The van der Waals surface area contributed by atoms with Crippen molar-refractivity contribution in [1.29, 1.82) is 0 Å². The summed E-state index contributed by atoms with van der Waals surface area (Å²) in [4.78, 5) is 21.6. The van der Waals surface area contributed by atoms with Gasteiger partial charge in [-0.05, 0) is 37.1 Å². The van der Waals surface area contributed by atoms with Crippen molar-refractivity contribution < 1.29 is 0 Å². The van der Waals surface area contributed by atoms with E-state index in [2.05, 4.69) is 27.4 Å². The number of nitrogens with zero attached hydrogens (tertiary/aromatic N) is 3. The van der Waals surface area contributed by atoms with Gasteiger partial charge in [0.1, 0.15) is 5.65 Å². The molecule has 2 aromatic carbocycles. The summed E-state index contributed by atoms with van der Waals surface area (Å²) in [7, 11) is 0. The fourth-order valence-corrected chi connectivity index (χ4v) is 3.22. The zero-order valence-corrected chi connectivity index (χ0v) is 15.0. The minimum atomic E-state index is -0.0599. The molecule has 0 amide bonds. The van der Waals surface area contributed by atoms with Gasteiger partial charge in [-0.3, -0.25) is 9.36 Å². The van der Waals surface area contributed by atoms with E-state index in [1.54, 1.807) is 22.9 Å². The Bertz CT molecular complexity index is 1110. The maximum Gasteiger partial charge on any atom is 0.252 e. The van der Waals surface area contributed by atoms with E-state index >= 15 is 0 Å². The third kappa shape index (κ3) is 3.72. The van der Waals surface area contributed by atoms with Crippen LogP contribution in [0.1, 0.15) is 18.5 Å². The minimum absolute atomic E-state index is 0.0249. The average molecular weight is 356 g/mol. The van der Waals surface area contributed by atoms with Gasteiger partial charge in [-0.1, -0.05) is 48.5 Å². The van der Waals surface area contributed by atoms with Crippen LogP contribution in [-0.4, -0.2) is 14.5 Å². The molecule has 0 spiro atoms. The zero-order chi connectivity index (χ0) is 18.6. The Kier molecular flexibility index (Phi) is 4.66. The van der Waals surface area contributed by atoms with Crippen molar-refractivity contribution >= 4 is 22.7 Å². The molecule has 27 heavy (non-hydrogen) atoms. The van der Waals surface area contributed by atoms with E-state index in [0.717, 1.165) is 17.5 Å². The first-order chi connectivity index (χ1) is 13.2. The molecule has 0 saturated carbocycles. The number of hydrogen-bond acceptors (Lipinski definition) is 4. The summed E-state index contributed by atoms with van der Waals surface area (Å²) >= 11 is 0. The number of hydrogen-bond donors (Lipinski definition) is 1. The quantitative estimate of drug-likeness (QED) is 0.578. The van der Waals surface area contributed by atoms with E-state index in [-0.39, 0.29) is 11.6 Å². The lowest BCUT2D eigenvalue weighted by Gasteiger charge is -2.17. The molecule has 4 rings (SSSR count). The van der Waals surface area contributed by atoms with E-state index in [9.17, 15) is 4.79 Å². The van der Waals surface area contributed by atoms with E-state index in [4.69, 9.17) is 0 Å². The maximum atomic E-state index is 12.6. The van der Waals surface area contributed by atoms with E-state index in [1.807, 2.05) is 55.5 Å². The molecule has 1 atom stereocenters. The van der Waals surface area contributed by atoms with Crippen LogP contribution < -0.4 is 10.9 Å². The lowest BCUT2D eigenvalue weighted by atomic mass is 10.1. The SMILES string of the molecule is CC(Cc1ccccc1)n1c(=O)ccc2cnc(Nc3ccccc3)nc21. The highest BCUT2D eigenvalue weighted by Gasteiger charge is 2.13. The molecular formula is C22H20N4O. The van der Waals surface area contributed by atoms with Crippen LogP contribution in [-0.2, 0) is 6.42 Å². The Morgan fingerprint density at radius 1 is 0.963 bits per heavy atom. The van der Waals surface area contributed by atoms with Crippen molar-refractivity contribution in [3.63, 3.8) is 0 Å². The molecule has 0 bridgehead atoms. The van der Waals surface area contributed by atoms with Crippen LogP contribution in [0.15, 0.2) is 83.8 Å². The van der Waals surface area contributed by atoms with E-state index in [1.165, 1.54) is 5.56 Å². The monoisotopic (exact) mass is 356 g/mol. The topological polar surface area (TPSA) is 59.8 Å². The zero-order valence-electron chi connectivity index (χ0n) is 15.0. The second-order valence-corrected chi connectivity index (χ2v) is 6.54. The number of rotatable bonds is 5. The van der Waals surface area contributed by atoms with Gasteiger partial charge in [-0.15, -0.1) is 0 Å². The molecule has 5 nitrogen and oxygen atoms in total. The first-order valence-corrected chi connectivity index (χ1v) is 8.95. The highest BCUT2D eigenvalue weighted by atomic mass is 16.1. The minimum Gasteiger partial charge on any atom is -0.324 e. The molecule has 134 valence electrons. The third-order valence-electron chi connectivity index (χ3n) is 4.51. The number of benzene rings is 2.